The number of piperidine rings is 1. The van der Waals surface area contributed by atoms with Crippen LogP contribution in [0.25, 0.3) is 0 Å². The Bertz CT molecular complexity index is 771. The summed E-state index contributed by atoms with van der Waals surface area (Å²) >= 11 is 6.12. The zero-order valence-corrected chi connectivity index (χ0v) is 16.1. The average Bonchev–Trinajstić information content (AvgIpc) is 2.72. The van der Waals surface area contributed by atoms with Crippen molar-refractivity contribution in [3.8, 4) is 0 Å². The third-order valence-corrected chi connectivity index (χ3v) is 5.37. The van der Waals surface area contributed by atoms with Gasteiger partial charge in [-0.3, -0.25) is 9.59 Å². The number of halogens is 1. The van der Waals surface area contributed by atoms with E-state index in [1.54, 1.807) is 17.0 Å². The van der Waals surface area contributed by atoms with Gasteiger partial charge in [-0.2, -0.15) is 0 Å². The highest BCUT2D eigenvalue weighted by Gasteiger charge is 2.28. The van der Waals surface area contributed by atoms with E-state index in [1.165, 1.54) is 5.56 Å². The van der Waals surface area contributed by atoms with E-state index >= 15 is 0 Å². The minimum absolute atomic E-state index is 0.0166. The number of nitrogens with one attached hydrogen (secondary N) is 1. The molecule has 1 aliphatic rings. The highest BCUT2D eigenvalue weighted by atomic mass is 35.5. The Kier molecular flexibility index (Phi) is 6.88. The van der Waals surface area contributed by atoms with Crippen LogP contribution >= 0.6 is 11.6 Å². The van der Waals surface area contributed by atoms with Crippen LogP contribution < -0.4 is 5.32 Å². The fourth-order valence-electron chi connectivity index (χ4n) is 3.44. The molecule has 2 amide bonds. The van der Waals surface area contributed by atoms with Crippen molar-refractivity contribution < 1.29 is 9.59 Å². The monoisotopic (exact) mass is 384 g/mol. The van der Waals surface area contributed by atoms with Crippen LogP contribution in [0.3, 0.4) is 0 Å². The lowest BCUT2D eigenvalue weighted by molar-refractivity contribution is -0.126. The summed E-state index contributed by atoms with van der Waals surface area (Å²) in [7, 11) is 0. The molecule has 0 bridgehead atoms. The molecule has 1 fully saturated rings. The Hall–Kier alpha value is -2.33. The van der Waals surface area contributed by atoms with E-state index in [-0.39, 0.29) is 17.7 Å². The van der Waals surface area contributed by atoms with E-state index in [0.29, 0.717) is 43.1 Å². The third-order valence-electron chi connectivity index (χ3n) is 5.04. The van der Waals surface area contributed by atoms with Crippen molar-refractivity contribution in [1.29, 1.82) is 0 Å². The van der Waals surface area contributed by atoms with Crippen LogP contribution in [0.4, 0.5) is 0 Å². The molecule has 2 aromatic carbocycles. The fourth-order valence-corrected chi connectivity index (χ4v) is 3.66. The Balaban J connectivity index is 1.40. The van der Waals surface area contributed by atoms with Crippen molar-refractivity contribution in [3.63, 3.8) is 0 Å². The van der Waals surface area contributed by atoms with Gasteiger partial charge in [0.2, 0.25) is 5.91 Å². The average molecular weight is 385 g/mol. The first kappa shape index (κ1) is 19.4. The van der Waals surface area contributed by atoms with Gasteiger partial charge in [-0.1, -0.05) is 54.1 Å². The van der Waals surface area contributed by atoms with Gasteiger partial charge < -0.3 is 10.2 Å². The number of carbonyl (C=O) groups is 2. The minimum Gasteiger partial charge on any atom is -0.356 e. The second-order valence-corrected chi connectivity index (χ2v) is 7.33. The molecule has 0 aliphatic carbocycles. The van der Waals surface area contributed by atoms with Gasteiger partial charge in [0, 0.05) is 25.6 Å². The zero-order chi connectivity index (χ0) is 19.1. The molecule has 2 aromatic rings. The van der Waals surface area contributed by atoms with Crippen molar-refractivity contribution in [2.45, 2.75) is 25.7 Å². The molecule has 1 heterocycles. The molecule has 1 saturated heterocycles. The number of rotatable bonds is 6. The molecule has 27 heavy (non-hydrogen) atoms. The molecule has 3 rings (SSSR count). The van der Waals surface area contributed by atoms with E-state index in [4.69, 9.17) is 11.6 Å². The fraction of sp³-hybridized carbons (Fsp3) is 0.364. The molecule has 0 atom stereocenters. The van der Waals surface area contributed by atoms with Crippen LogP contribution in [-0.2, 0) is 11.2 Å². The number of benzene rings is 2. The van der Waals surface area contributed by atoms with Crippen molar-refractivity contribution in [1.82, 2.24) is 10.2 Å². The first-order valence-electron chi connectivity index (χ1n) is 9.50. The predicted octanol–water partition coefficient (Wildman–Crippen LogP) is 3.94. The van der Waals surface area contributed by atoms with Crippen molar-refractivity contribution in [3.05, 3.63) is 70.7 Å². The van der Waals surface area contributed by atoms with Crippen LogP contribution in [0.1, 0.15) is 35.2 Å². The number of amides is 2. The largest absolute Gasteiger partial charge is 0.356 e. The van der Waals surface area contributed by atoms with E-state index in [0.717, 1.165) is 12.8 Å². The molecule has 5 heteroatoms. The van der Waals surface area contributed by atoms with Gasteiger partial charge in [0.15, 0.2) is 0 Å². The van der Waals surface area contributed by atoms with E-state index in [1.807, 2.05) is 30.3 Å². The number of hydrogen-bond donors (Lipinski definition) is 1. The summed E-state index contributed by atoms with van der Waals surface area (Å²) in [6.07, 6.45) is 3.28. The SMILES string of the molecule is O=C(NCCCc1ccccc1)C1CCN(C(=O)c2ccccc2Cl)CC1. The van der Waals surface area contributed by atoms with Crippen molar-refractivity contribution in [2.24, 2.45) is 5.92 Å². The van der Waals surface area contributed by atoms with Gasteiger partial charge in [-0.15, -0.1) is 0 Å². The van der Waals surface area contributed by atoms with Crippen molar-refractivity contribution >= 4 is 23.4 Å². The number of hydrogen-bond acceptors (Lipinski definition) is 2. The number of carbonyl (C=O) groups excluding carboxylic acids is 2. The summed E-state index contributed by atoms with van der Waals surface area (Å²) in [5.41, 5.74) is 1.82. The number of nitrogens with zero attached hydrogens (tertiary/aromatic N) is 1. The Morgan fingerprint density at radius 2 is 1.67 bits per heavy atom. The number of likely N-dealkylation sites (tertiary alicyclic amines) is 1. The summed E-state index contributed by atoms with van der Waals surface area (Å²) in [5.74, 6) is 0.0345. The lowest BCUT2D eigenvalue weighted by Crippen LogP contribution is -2.43. The quantitative estimate of drug-likeness (QED) is 0.767. The van der Waals surface area contributed by atoms with Gasteiger partial charge in [0.25, 0.3) is 5.91 Å². The summed E-state index contributed by atoms with van der Waals surface area (Å²) in [6.45, 7) is 1.87. The molecule has 0 radical (unpaired) electrons. The van der Waals surface area contributed by atoms with Crippen LogP contribution in [0.15, 0.2) is 54.6 Å². The third kappa shape index (κ3) is 5.33. The second kappa shape index (κ2) is 9.56. The second-order valence-electron chi connectivity index (χ2n) is 6.93. The highest BCUT2D eigenvalue weighted by Crippen LogP contribution is 2.22. The lowest BCUT2D eigenvalue weighted by Gasteiger charge is -2.31. The maximum absolute atomic E-state index is 12.6. The maximum Gasteiger partial charge on any atom is 0.255 e. The minimum atomic E-state index is -0.0534. The Labute approximate surface area is 165 Å². The Morgan fingerprint density at radius 3 is 2.37 bits per heavy atom. The van der Waals surface area contributed by atoms with Crippen LogP contribution in [0.5, 0.6) is 0 Å². The predicted molar refractivity (Wildman–Crippen MR) is 108 cm³/mol. The molecule has 0 aromatic heterocycles. The van der Waals surface area contributed by atoms with E-state index in [9.17, 15) is 9.59 Å². The van der Waals surface area contributed by atoms with E-state index in [2.05, 4.69) is 17.4 Å². The lowest BCUT2D eigenvalue weighted by atomic mass is 9.95. The van der Waals surface area contributed by atoms with Gasteiger partial charge in [0.1, 0.15) is 0 Å². The molecule has 0 unspecified atom stereocenters. The summed E-state index contributed by atoms with van der Waals surface area (Å²) in [6, 6.07) is 17.4. The first-order valence-corrected chi connectivity index (χ1v) is 9.88. The topological polar surface area (TPSA) is 49.4 Å². The summed E-state index contributed by atoms with van der Waals surface area (Å²) in [5, 5.41) is 3.52. The normalized spacial score (nSPS) is 14.8. The van der Waals surface area contributed by atoms with Gasteiger partial charge in [0.05, 0.1) is 10.6 Å². The van der Waals surface area contributed by atoms with Crippen LogP contribution in [-0.4, -0.2) is 36.3 Å². The Morgan fingerprint density at radius 1 is 1.00 bits per heavy atom. The molecule has 0 saturated carbocycles. The van der Waals surface area contributed by atoms with Gasteiger partial charge >= 0.3 is 0 Å². The standard InChI is InChI=1S/C22H25ClN2O2/c23-20-11-5-4-10-19(20)22(27)25-15-12-18(13-16-25)21(26)24-14-6-9-17-7-2-1-3-8-17/h1-5,7-8,10-11,18H,6,9,12-16H2,(H,24,26). The summed E-state index contributed by atoms with van der Waals surface area (Å²) in [4.78, 5) is 26.8. The molecule has 1 aliphatic heterocycles. The molecule has 1 N–H and O–H groups in total. The first-order chi connectivity index (χ1) is 13.1. The highest BCUT2D eigenvalue weighted by molar-refractivity contribution is 6.33. The molecule has 0 spiro atoms. The van der Waals surface area contributed by atoms with Gasteiger partial charge in [-0.25, -0.2) is 0 Å². The van der Waals surface area contributed by atoms with Crippen LogP contribution in [0.2, 0.25) is 5.02 Å². The van der Waals surface area contributed by atoms with Crippen LogP contribution in [0, 0.1) is 5.92 Å². The van der Waals surface area contributed by atoms with E-state index < -0.39 is 0 Å². The number of aryl methyl sites for hydroxylation is 1. The smallest absolute Gasteiger partial charge is 0.255 e. The van der Waals surface area contributed by atoms with Crippen molar-refractivity contribution in [2.75, 3.05) is 19.6 Å². The van der Waals surface area contributed by atoms with Gasteiger partial charge in [-0.05, 0) is 43.4 Å². The molecule has 142 valence electrons. The molecular weight excluding hydrogens is 360 g/mol. The summed E-state index contributed by atoms with van der Waals surface area (Å²) < 4.78 is 0. The molecule has 4 nitrogen and oxygen atoms in total. The maximum atomic E-state index is 12.6. The molecular formula is C22H25ClN2O2. The zero-order valence-electron chi connectivity index (χ0n) is 15.4.